The molecule has 98 valence electrons. The number of halogens is 2. The lowest BCUT2D eigenvalue weighted by Gasteiger charge is -2.08. The quantitative estimate of drug-likeness (QED) is 0.525. The Labute approximate surface area is 118 Å². The molecule has 0 aromatic heterocycles. The summed E-state index contributed by atoms with van der Waals surface area (Å²) in [6.07, 6.45) is 1.33. The number of oxime groups is 1. The molecule has 0 atom stereocenters. The first-order valence-corrected chi connectivity index (χ1v) is 6.32. The molecular weight excluding hydrogens is 313 g/mol. The summed E-state index contributed by atoms with van der Waals surface area (Å²) in [4.78, 5) is 0. The molecule has 0 spiro atoms. The summed E-state index contributed by atoms with van der Waals surface area (Å²) in [5.74, 6) is 0.400. The van der Waals surface area contributed by atoms with Gasteiger partial charge in [0.25, 0.3) is 0 Å². The van der Waals surface area contributed by atoms with Gasteiger partial charge in [0, 0.05) is 0 Å². The molecule has 2 aromatic rings. The predicted molar refractivity (Wildman–Crippen MR) is 74.3 cm³/mol. The Bertz CT molecular complexity index is 584. The Morgan fingerprint density at radius 1 is 1.21 bits per heavy atom. The maximum absolute atomic E-state index is 12.7. The molecule has 0 radical (unpaired) electrons. The highest BCUT2D eigenvalue weighted by molar-refractivity contribution is 9.10. The lowest BCUT2D eigenvalue weighted by atomic mass is 10.2. The van der Waals surface area contributed by atoms with Gasteiger partial charge < -0.3 is 9.94 Å². The molecule has 0 aliphatic carbocycles. The van der Waals surface area contributed by atoms with Gasteiger partial charge in [-0.3, -0.25) is 0 Å². The zero-order valence-corrected chi connectivity index (χ0v) is 11.5. The van der Waals surface area contributed by atoms with Gasteiger partial charge in [-0.05, 0) is 57.4 Å². The van der Waals surface area contributed by atoms with Gasteiger partial charge >= 0.3 is 0 Å². The Balaban J connectivity index is 2.05. The van der Waals surface area contributed by atoms with Crippen LogP contribution in [0.4, 0.5) is 4.39 Å². The summed E-state index contributed by atoms with van der Waals surface area (Å²) in [6.45, 7) is 0.353. The molecule has 19 heavy (non-hydrogen) atoms. The van der Waals surface area contributed by atoms with Crippen molar-refractivity contribution in [1.29, 1.82) is 0 Å². The lowest BCUT2D eigenvalue weighted by Crippen LogP contribution is -1.96. The van der Waals surface area contributed by atoms with Gasteiger partial charge in [0.2, 0.25) is 0 Å². The normalized spacial score (nSPS) is 10.8. The molecule has 1 N–H and O–H groups in total. The van der Waals surface area contributed by atoms with E-state index in [-0.39, 0.29) is 5.82 Å². The van der Waals surface area contributed by atoms with Crippen LogP contribution in [0.25, 0.3) is 0 Å². The topological polar surface area (TPSA) is 41.8 Å². The molecule has 0 aliphatic heterocycles. The molecule has 0 saturated heterocycles. The van der Waals surface area contributed by atoms with Crippen molar-refractivity contribution in [2.45, 2.75) is 6.61 Å². The molecular formula is C14H11BrFNO2. The summed E-state index contributed by atoms with van der Waals surface area (Å²) in [6, 6.07) is 11.5. The van der Waals surface area contributed by atoms with Gasteiger partial charge in [-0.25, -0.2) is 4.39 Å². The van der Waals surface area contributed by atoms with Crippen molar-refractivity contribution in [2.75, 3.05) is 0 Å². The average Bonchev–Trinajstić information content (AvgIpc) is 2.40. The van der Waals surface area contributed by atoms with E-state index in [4.69, 9.17) is 9.94 Å². The second-order valence-electron chi connectivity index (χ2n) is 3.85. The number of hydrogen-bond donors (Lipinski definition) is 1. The molecule has 0 saturated carbocycles. The van der Waals surface area contributed by atoms with Gasteiger partial charge in [0.1, 0.15) is 18.2 Å². The van der Waals surface area contributed by atoms with Crippen molar-refractivity contribution in [3.8, 4) is 5.75 Å². The van der Waals surface area contributed by atoms with E-state index in [9.17, 15) is 4.39 Å². The first-order chi connectivity index (χ1) is 9.19. The van der Waals surface area contributed by atoms with Crippen LogP contribution in [0.15, 0.2) is 52.1 Å². The highest BCUT2D eigenvalue weighted by Gasteiger charge is 2.03. The molecule has 2 rings (SSSR count). The van der Waals surface area contributed by atoms with Crippen LogP contribution in [0.1, 0.15) is 11.1 Å². The number of nitrogens with zero attached hydrogens (tertiary/aromatic N) is 1. The molecule has 0 heterocycles. The largest absolute Gasteiger partial charge is 0.488 e. The van der Waals surface area contributed by atoms with Crippen LogP contribution in [0.5, 0.6) is 5.75 Å². The third kappa shape index (κ3) is 3.79. The van der Waals surface area contributed by atoms with Crippen molar-refractivity contribution in [3.63, 3.8) is 0 Å². The monoisotopic (exact) mass is 323 g/mol. The highest BCUT2D eigenvalue weighted by Crippen LogP contribution is 2.26. The fourth-order valence-corrected chi connectivity index (χ4v) is 2.03. The number of benzene rings is 2. The lowest BCUT2D eigenvalue weighted by molar-refractivity contribution is 0.304. The average molecular weight is 324 g/mol. The third-order valence-electron chi connectivity index (χ3n) is 2.47. The molecule has 0 fully saturated rings. The maximum Gasteiger partial charge on any atom is 0.134 e. The zero-order chi connectivity index (χ0) is 13.7. The Hall–Kier alpha value is -1.88. The van der Waals surface area contributed by atoms with E-state index in [0.29, 0.717) is 12.4 Å². The van der Waals surface area contributed by atoms with Crippen molar-refractivity contribution < 1.29 is 14.3 Å². The minimum atomic E-state index is -0.266. The van der Waals surface area contributed by atoms with Crippen LogP contribution in [0.3, 0.4) is 0 Å². The summed E-state index contributed by atoms with van der Waals surface area (Å²) in [5.41, 5.74) is 1.64. The van der Waals surface area contributed by atoms with E-state index in [2.05, 4.69) is 21.1 Å². The Kier molecular flexibility index (Phi) is 4.52. The molecule has 0 aliphatic rings. The SMILES string of the molecule is ON=Cc1ccc(OCc2ccc(F)cc2)c(Br)c1. The van der Waals surface area contributed by atoms with Crippen LogP contribution in [-0.4, -0.2) is 11.4 Å². The predicted octanol–water partition coefficient (Wildman–Crippen LogP) is 3.98. The first kappa shape index (κ1) is 13.5. The van der Waals surface area contributed by atoms with E-state index >= 15 is 0 Å². The van der Waals surface area contributed by atoms with Crippen molar-refractivity contribution >= 4 is 22.1 Å². The molecule has 3 nitrogen and oxygen atoms in total. The van der Waals surface area contributed by atoms with E-state index in [1.54, 1.807) is 30.3 Å². The maximum atomic E-state index is 12.7. The number of ether oxygens (including phenoxy) is 1. The number of rotatable bonds is 4. The summed E-state index contributed by atoms with van der Waals surface area (Å²) >= 11 is 3.37. The molecule has 0 unspecified atom stereocenters. The third-order valence-corrected chi connectivity index (χ3v) is 3.09. The number of hydrogen-bond acceptors (Lipinski definition) is 3. The van der Waals surface area contributed by atoms with Crippen molar-refractivity contribution in [2.24, 2.45) is 5.16 Å². The fraction of sp³-hybridized carbons (Fsp3) is 0.0714. The van der Waals surface area contributed by atoms with Crippen LogP contribution in [-0.2, 0) is 6.61 Å². The van der Waals surface area contributed by atoms with E-state index in [1.807, 2.05) is 0 Å². The van der Waals surface area contributed by atoms with Gasteiger partial charge in [0.15, 0.2) is 0 Å². The van der Waals surface area contributed by atoms with Crippen LogP contribution < -0.4 is 4.74 Å². The van der Waals surface area contributed by atoms with E-state index < -0.39 is 0 Å². The van der Waals surface area contributed by atoms with Crippen LogP contribution in [0, 0.1) is 5.82 Å². The molecule has 5 heteroatoms. The molecule has 2 aromatic carbocycles. The van der Waals surface area contributed by atoms with Crippen molar-refractivity contribution in [3.05, 3.63) is 63.9 Å². The highest BCUT2D eigenvalue weighted by atomic mass is 79.9. The summed E-state index contributed by atoms with van der Waals surface area (Å²) in [5, 5.41) is 11.4. The smallest absolute Gasteiger partial charge is 0.134 e. The van der Waals surface area contributed by atoms with Gasteiger partial charge in [0.05, 0.1) is 10.7 Å². The van der Waals surface area contributed by atoms with E-state index in [1.165, 1.54) is 18.3 Å². The minimum Gasteiger partial charge on any atom is -0.488 e. The molecule has 0 amide bonds. The first-order valence-electron chi connectivity index (χ1n) is 5.53. The van der Waals surface area contributed by atoms with Gasteiger partial charge in [-0.15, -0.1) is 0 Å². The second-order valence-corrected chi connectivity index (χ2v) is 4.70. The summed E-state index contributed by atoms with van der Waals surface area (Å²) in [7, 11) is 0. The Morgan fingerprint density at radius 3 is 2.58 bits per heavy atom. The van der Waals surface area contributed by atoms with Gasteiger partial charge in [-0.2, -0.15) is 0 Å². The Morgan fingerprint density at radius 2 is 1.95 bits per heavy atom. The van der Waals surface area contributed by atoms with E-state index in [0.717, 1.165) is 15.6 Å². The van der Waals surface area contributed by atoms with Gasteiger partial charge in [-0.1, -0.05) is 17.3 Å². The van der Waals surface area contributed by atoms with Crippen molar-refractivity contribution in [1.82, 2.24) is 0 Å². The summed E-state index contributed by atoms with van der Waals surface area (Å²) < 4.78 is 19.1. The molecule has 0 bridgehead atoms. The standard InChI is InChI=1S/C14H11BrFNO2/c15-13-7-11(8-17-18)3-6-14(13)19-9-10-1-4-12(16)5-2-10/h1-8,18H,9H2. The van der Waals surface area contributed by atoms with Crippen LogP contribution in [0.2, 0.25) is 0 Å². The zero-order valence-electron chi connectivity index (χ0n) is 9.88. The minimum absolute atomic E-state index is 0.266. The fourth-order valence-electron chi connectivity index (χ4n) is 1.52. The van der Waals surface area contributed by atoms with Crippen LogP contribution >= 0.6 is 15.9 Å². The second kappa shape index (κ2) is 6.33.